The molecule has 0 amide bonds. The molecule has 0 radical (unpaired) electrons. The molecule has 294 valence electrons. The number of hydrogen-bond acceptors (Lipinski definition) is 2. The fourth-order valence-electron chi connectivity index (χ4n) is 9.97. The first-order valence-corrected chi connectivity index (χ1v) is 21.4. The van der Waals surface area contributed by atoms with E-state index in [0.29, 0.717) is 5.95 Å². The summed E-state index contributed by atoms with van der Waals surface area (Å²) in [6.45, 7) is 9.12. The molecular weight excluding hydrogens is 753 g/mol. The highest BCUT2D eigenvalue weighted by atomic mass is 15.2. The van der Waals surface area contributed by atoms with Crippen LogP contribution in [0.5, 0.6) is 0 Å². The third-order valence-electron chi connectivity index (χ3n) is 13.2. The number of benzene rings is 8. The van der Waals surface area contributed by atoms with Crippen molar-refractivity contribution in [1.29, 1.82) is 0 Å². The molecule has 0 saturated carbocycles. The van der Waals surface area contributed by atoms with E-state index in [0.717, 1.165) is 62.0 Å². The zero-order valence-corrected chi connectivity index (χ0v) is 34.7. The van der Waals surface area contributed by atoms with Gasteiger partial charge in [0.1, 0.15) is 0 Å². The van der Waals surface area contributed by atoms with Crippen LogP contribution in [0.1, 0.15) is 25.0 Å². The average molecular weight is 795 g/mol. The van der Waals surface area contributed by atoms with Crippen molar-refractivity contribution in [3.05, 3.63) is 217 Å². The van der Waals surface area contributed by atoms with Crippen LogP contribution in [0.25, 0.3) is 99.3 Å². The van der Waals surface area contributed by atoms with Crippen LogP contribution < -0.4 is 0 Å². The Kier molecular flexibility index (Phi) is 8.07. The number of hydrogen-bond donors (Lipinski definition) is 0. The lowest BCUT2D eigenvalue weighted by atomic mass is 9.75. The van der Waals surface area contributed by atoms with E-state index in [1.54, 1.807) is 0 Å². The third-order valence-corrected chi connectivity index (χ3v) is 13.2. The summed E-state index contributed by atoms with van der Waals surface area (Å²) >= 11 is 0. The van der Waals surface area contributed by atoms with E-state index in [1.807, 2.05) is 6.07 Å². The van der Waals surface area contributed by atoms with Gasteiger partial charge >= 0.3 is 0 Å². The molecule has 3 heterocycles. The molecule has 0 spiro atoms. The summed E-state index contributed by atoms with van der Waals surface area (Å²) in [6, 6.07) is 61.5. The highest BCUT2D eigenvalue weighted by Crippen LogP contribution is 2.44. The van der Waals surface area contributed by atoms with Crippen LogP contribution in [0.4, 0.5) is 0 Å². The molecule has 4 heteroatoms. The molecule has 0 bridgehead atoms. The topological polar surface area (TPSA) is 35.6 Å². The largest absolute Gasteiger partial charge is 0.309 e. The predicted molar refractivity (Wildman–Crippen MR) is 261 cm³/mol. The molecule has 8 aromatic carbocycles. The second-order valence-electron chi connectivity index (χ2n) is 17.0. The standard InChI is InChI=1S/C58H42N4/c1-37-18-6-4-7-19-38-30-32-41(35-49(38)58(37,2)3)61-51-28-16-13-23-43(51)44-33-31-40(34-53(44)61)48-36-54-55(45-24-11-10-22-42(45)48)47-26-14-17-29-52(47)62(54)57-59-50-27-15-12-25-46(50)56(60-57)39-20-8-5-9-21-39/h4-18,20-36H,1,19H2,2-3H3/b7-4-,18-6-. The fourth-order valence-corrected chi connectivity index (χ4v) is 9.97. The molecule has 0 unspecified atom stereocenters. The van der Waals surface area contributed by atoms with Gasteiger partial charge in [-0.25, -0.2) is 9.97 Å². The summed E-state index contributed by atoms with van der Waals surface area (Å²) in [6.07, 6.45) is 9.52. The first-order valence-electron chi connectivity index (χ1n) is 21.4. The van der Waals surface area contributed by atoms with Crippen LogP contribution in [0.3, 0.4) is 0 Å². The maximum atomic E-state index is 5.40. The summed E-state index contributed by atoms with van der Waals surface area (Å²) in [5.41, 5.74) is 14.3. The zero-order valence-electron chi connectivity index (χ0n) is 34.7. The Morgan fingerprint density at radius 3 is 2.02 bits per heavy atom. The molecule has 0 saturated heterocycles. The monoisotopic (exact) mass is 794 g/mol. The first kappa shape index (κ1) is 36.1. The van der Waals surface area contributed by atoms with Crippen molar-refractivity contribution in [2.24, 2.45) is 0 Å². The molecule has 1 aliphatic rings. The van der Waals surface area contributed by atoms with Crippen molar-refractivity contribution >= 4 is 65.3 Å². The quantitative estimate of drug-likeness (QED) is 0.178. The number of rotatable bonds is 4. The molecule has 0 fully saturated rings. The second-order valence-corrected chi connectivity index (χ2v) is 17.0. The molecule has 12 rings (SSSR count). The van der Waals surface area contributed by atoms with Crippen molar-refractivity contribution in [3.63, 3.8) is 0 Å². The lowest BCUT2D eigenvalue weighted by molar-refractivity contribution is 0.634. The zero-order chi connectivity index (χ0) is 41.5. The summed E-state index contributed by atoms with van der Waals surface area (Å²) in [5, 5.41) is 8.25. The summed E-state index contributed by atoms with van der Waals surface area (Å²) in [5.74, 6) is 0.650. The molecule has 4 nitrogen and oxygen atoms in total. The van der Waals surface area contributed by atoms with Gasteiger partial charge in [0.05, 0.1) is 33.3 Å². The van der Waals surface area contributed by atoms with Crippen LogP contribution in [0.2, 0.25) is 0 Å². The molecule has 11 aromatic rings. The van der Waals surface area contributed by atoms with Gasteiger partial charge in [-0.1, -0.05) is 172 Å². The summed E-state index contributed by atoms with van der Waals surface area (Å²) in [7, 11) is 0. The van der Waals surface area contributed by atoms with E-state index >= 15 is 0 Å². The van der Waals surface area contributed by atoms with E-state index < -0.39 is 0 Å². The first-order chi connectivity index (χ1) is 30.4. The number of fused-ring (bicyclic) bond motifs is 10. The van der Waals surface area contributed by atoms with Crippen molar-refractivity contribution in [1.82, 2.24) is 19.1 Å². The van der Waals surface area contributed by atoms with E-state index in [4.69, 9.17) is 9.97 Å². The van der Waals surface area contributed by atoms with Gasteiger partial charge in [0, 0.05) is 43.6 Å². The Balaban J connectivity index is 1.13. The molecule has 1 aliphatic carbocycles. The van der Waals surface area contributed by atoms with Crippen LogP contribution in [-0.4, -0.2) is 19.1 Å². The maximum absolute atomic E-state index is 5.40. The molecule has 3 aromatic heterocycles. The van der Waals surface area contributed by atoms with E-state index in [2.05, 4.69) is 218 Å². The molecule has 62 heavy (non-hydrogen) atoms. The molecule has 0 atom stereocenters. The van der Waals surface area contributed by atoms with E-state index in [9.17, 15) is 0 Å². The van der Waals surface area contributed by atoms with Gasteiger partial charge in [-0.2, -0.15) is 0 Å². The minimum absolute atomic E-state index is 0.249. The fraction of sp³-hybridized carbons (Fsp3) is 0.0690. The Morgan fingerprint density at radius 2 is 1.19 bits per heavy atom. The van der Waals surface area contributed by atoms with Crippen LogP contribution in [-0.2, 0) is 11.8 Å². The molecular formula is C58H42N4. The van der Waals surface area contributed by atoms with Crippen molar-refractivity contribution < 1.29 is 0 Å². The predicted octanol–water partition coefficient (Wildman–Crippen LogP) is 14.8. The van der Waals surface area contributed by atoms with E-state index in [-0.39, 0.29) is 5.41 Å². The Labute approximate surface area is 360 Å². The molecule has 0 N–H and O–H groups in total. The van der Waals surface area contributed by atoms with Gasteiger partial charge in [-0.05, 0) is 87.5 Å². The third kappa shape index (κ3) is 5.46. The summed E-state index contributed by atoms with van der Waals surface area (Å²) in [4.78, 5) is 10.7. The smallest absolute Gasteiger partial charge is 0.235 e. The van der Waals surface area contributed by atoms with Crippen molar-refractivity contribution in [3.8, 4) is 34.0 Å². The van der Waals surface area contributed by atoms with Gasteiger partial charge in [0.2, 0.25) is 5.95 Å². The lowest BCUT2D eigenvalue weighted by Crippen LogP contribution is -2.21. The van der Waals surface area contributed by atoms with Crippen molar-refractivity contribution in [2.45, 2.75) is 25.7 Å². The maximum Gasteiger partial charge on any atom is 0.235 e. The Morgan fingerprint density at radius 1 is 0.516 bits per heavy atom. The van der Waals surface area contributed by atoms with Crippen LogP contribution in [0, 0.1) is 0 Å². The number of para-hydroxylation sites is 3. The average Bonchev–Trinajstić information content (AvgIpc) is 3.84. The number of nitrogens with zero attached hydrogens (tertiary/aromatic N) is 4. The highest BCUT2D eigenvalue weighted by Gasteiger charge is 2.27. The number of aromatic nitrogens is 4. The molecule has 0 aliphatic heterocycles. The van der Waals surface area contributed by atoms with Gasteiger partial charge in [-0.15, -0.1) is 0 Å². The van der Waals surface area contributed by atoms with Gasteiger partial charge < -0.3 is 4.57 Å². The summed E-state index contributed by atoms with van der Waals surface area (Å²) < 4.78 is 4.73. The van der Waals surface area contributed by atoms with Gasteiger partial charge in [-0.3, -0.25) is 4.57 Å². The minimum atomic E-state index is -0.249. The normalized spacial score (nSPS) is 15.0. The van der Waals surface area contributed by atoms with Gasteiger partial charge in [0.15, 0.2) is 0 Å². The Hall–Kier alpha value is -7.82. The SMILES string of the molecule is C=C1/C=C\C=C/Cc2ccc(-n3c4ccccc4c4ccc(-c5cc6c(c7ccccc57)c5ccccc5n6-c5nc(-c6ccccc6)c6ccccc6n5)cc43)cc2C1(C)C. The highest BCUT2D eigenvalue weighted by molar-refractivity contribution is 6.24. The minimum Gasteiger partial charge on any atom is -0.309 e. The second kappa shape index (κ2) is 13.9. The Bertz CT molecular complexity index is 3710. The number of allylic oxidation sites excluding steroid dienone is 5. The van der Waals surface area contributed by atoms with Crippen molar-refractivity contribution in [2.75, 3.05) is 0 Å². The lowest BCUT2D eigenvalue weighted by Gasteiger charge is -2.29. The van der Waals surface area contributed by atoms with Gasteiger partial charge in [0.25, 0.3) is 0 Å². The van der Waals surface area contributed by atoms with Crippen LogP contribution >= 0.6 is 0 Å². The van der Waals surface area contributed by atoms with Crippen LogP contribution in [0.15, 0.2) is 206 Å². The van der Waals surface area contributed by atoms with E-state index in [1.165, 1.54) is 54.5 Å².